The van der Waals surface area contributed by atoms with Crippen LogP contribution < -0.4 is 10.6 Å². The molecule has 108 valence electrons. The van der Waals surface area contributed by atoms with Crippen molar-refractivity contribution in [2.45, 2.75) is 11.3 Å². The van der Waals surface area contributed by atoms with Gasteiger partial charge >= 0.3 is 0 Å². The van der Waals surface area contributed by atoms with Crippen molar-refractivity contribution in [2.24, 2.45) is 0 Å². The second-order valence-corrected chi connectivity index (χ2v) is 6.33. The van der Waals surface area contributed by atoms with Gasteiger partial charge in [0.05, 0.1) is 10.8 Å². The normalized spacial score (nSPS) is 13.3. The zero-order valence-electron chi connectivity index (χ0n) is 11.4. The number of hydrogen-bond acceptors (Lipinski definition) is 3. The topological polar surface area (TPSA) is 46.3 Å². The van der Waals surface area contributed by atoms with Gasteiger partial charge in [0.2, 0.25) is 5.91 Å². The molecule has 1 heterocycles. The number of thioether (sulfide) groups is 1. The van der Waals surface area contributed by atoms with E-state index in [0.29, 0.717) is 16.5 Å². The number of fused-ring (bicyclic) bond motifs is 1. The third-order valence-electron chi connectivity index (χ3n) is 3.49. The summed E-state index contributed by atoms with van der Waals surface area (Å²) in [5, 5.41) is 0.629. The summed E-state index contributed by atoms with van der Waals surface area (Å²) in [6.07, 6.45) is 0.922. The van der Waals surface area contributed by atoms with Gasteiger partial charge in [-0.1, -0.05) is 29.8 Å². The number of nitrogens with zero attached hydrogens (tertiary/aromatic N) is 1. The van der Waals surface area contributed by atoms with Crippen molar-refractivity contribution >= 4 is 40.6 Å². The molecule has 2 aromatic carbocycles. The van der Waals surface area contributed by atoms with E-state index in [1.54, 1.807) is 18.2 Å². The number of halogens is 1. The molecule has 1 aliphatic rings. The summed E-state index contributed by atoms with van der Waals surface area (Å²) in [5.41, 5.74) is 8.67. The fourth-order valence-electron chi connectivity index (χ4n) is 2.45. The minimum absolute atomic E-state index is 0.100. The van der Waals surface area contributed by atoms with Crippen molar-refractivity contribution in [3.8, 4) is 0 Å². The SMILES string of the molecule is Nc1ccc(Cl)c(SCC(=O)N2CCc3ccccc32)c1. The molecule has 3 rings (SSSR count). The molecule has 1 aliphatic heterocycles. The molecule has 0 saturated carbocycles. The maximum absolute atomic E-state index is 12.4. The van der Waals surface area contributed by atoms with E-state index in [4.69, 9.17) is 17.3 Å². The molecule has 5 heteroatoms. The number of amides is 1. The molecule has 0 bridgehead atoms. The number of rotatable bonds is 3. The number of nitrogen functional groups attached to an aromatic ring is 1. The predicted octanol–water partition coefficient (Wildman–Crippen LogP) is 3.60. The highest BCUT2D eigenvalue weighted by molar-refractivity contribution is 8.00. The monoisotopic (exact) mass is 318 g/mol. The number of para-hydroxylation sites is 1. The van der Waals surface area contributed by atoms with Crippen LogP contribution in [0.25, 0.3) is 0 Å². The van der Waals surface area contributed by atoms with Gasteiger partial charge in [-0.3, -0.25) is 4.79 Å². The average Bonchev–Trinajstić information content (AvgIpc) is 2.92. The fourth-order valence-corrected chi connectivity index (χ4v) is 3.59. The van der Waals surface area contributed by atoms with Crippen LogP contribution in [0, 0.1) is 0 Å². The highest BCUT2D eigenvalue weighted by atomic mass is 35.5. The van der Waals surface area contributed by atoms with Crippen LogP contribution in [-0.4, -0.2) is 18.2 Å². The van der Waals surface area contributed by atoms with Crippen molar-refractivity contribution in [2.75, 3.05) is 22.9 Å². The Morgan fingerprint density at radius 1 is 1.29 bits per heavy atom. The summed E-state index contributed by atoms with van der Waals surface area (Å²) in [7, 11) is 0. The van der Waals surface area contributed by atoms with Crippen molar-refractivity contribution in [3.05, 3.63) is 53.1 Å². The molecule has 3 nitrogen and oxygen atoms in total. The summed E-state index contributed by atoms with van der Waals surface area (Å²) in [5.74, 6) is 0.459. The lowest BCUT2D eigenvalue weighted by Gasteiger charge is -2.17. The molecule has 2 N–H and O–H groups in total. The molecule has 0 aliphatic carbocycles. The molecule has 0 aromatic heterocycles. The minimum atomic E-state index is 0.100. The zero-order valence-corrected chi connectivity index (χ0v) is 13.0. The van der Waals surface area contributed by atoms with E-state index in [-0.39, 0.29) is 5.91 Å². The molecular weight excluding hydrogens is 304 g/mol. The molecule has 0 fully saturated rings. The Kier molecular flexibility index (Phi) is 4.08. The summed E-state index contributed by atoms with van der Waals surface area (Å²) in [6.45, 7) is 0.753. The molecule has 0 radical (unpaired) electrons. The number of nitrogens with two attached hydrogens (primary N) is 1. The standard InChI is InChI=1S/C16H15ClN2OS/c17-13-6-5-12(18)9-15(13)21-10-16(20)19-8-7-11-3-1-2-4-14(11)19/h1-6,9H,7-8,10,18H2. The zero-order chi connectivity index (χ0) is 14.8. The van der Waals surface area contributed by atoms with Gasteiger partial charge in [0.15, 0.2) is 0 Å². The Labute approximate surface area is 133 Å². The first-order valence-electron chi connectivity index (χ1n) is 6.71. The molecule has 0 spiro atoms. The summed E-state index contributed by atoms with van der Waals surface area (Å²) in [4.78, 5) is 15.1. The van der Waals surface area contributed by atoms with Crippen molar-refractivity contribution < 1.29 is 4.79 Å². The van der Waals surface area contributed by atoms with Crippen molar-refractivity contribution in [1.29, 1.82) is 0 Å². The number of hydrogen-bond donors (Lipinski definition) is 1. The number of benzene rings is 2. The van der Waals surface area contributed by atoms with Crippen LogP contribution >= 0.6 is 23.4 Å². The van der Waals surface area contributed by atoms with E-state index >= 15 is 0 Å². The number of carbonyl (C=O) groups is 1. The van der Waals surface area contributed by atoms with Gasteiger partial charge in [-0.25, -0.2) is 0 Å². The van der Waals surface area contributed by atoms with Gasteiger partial charge in [-0.05, 0) is 36.2 Å². The van der Waals surface area contributed by atoms with Gasteiger partial charge in [-0.2, -0.15) is 0 Å². The van der Waals surface area contributed by atoms with Gasteiger partial charge in [0.25, 0.3) is 0 Å². The molecular formula is C16H15ClN2OS. The van der Waals surface area contributed by atoms with Crippen LogP contribution in [0.1, 0.15) is 5.56 Å². The molecule has 1 amide bonds. The van der Waals surface area contributed by atoms with E-state index in [9.17, 15) is 4.79 Å². The second-order valence-electron chi connectivity index (χ2n) is 4.90. The first-order valence-corrected chi connectivity index (χ1v) is 8.07. The Hall–Kier alpha value is -1.65. The quantitative estimate of drug-likeness (QED) is 0.694. The van der Waals surface area contributed by atoms with Crippen LogP contribution in [0.4, 0.5) is 11.4 Å². The van der Waals surface area contributed by atoms with Crippen molar-refractivity contribution in [3.63, 3.8) is 0 Å². The summed E-state index contributed by atoms with van der Waals surface area (Å²) < 4.78 is 0. The highest BCUT2D eigenvalue weighted by Crippen LogP contribution is 2.31. The van der Waals surface area contributed by atoms with Crippen LogP contribution in [-0.2, 0) is 11.2 Å². The highest BCUT2D eigenvalue weighted by Gasteiger charge is 2.24. The Bertz CT molecular complexity index is 690. The van der Waals surface area contributed by atoms with Gasteiger partial charge in [-0.15, -0.1) is 11.8 Å². The Balaban J connectivity index is 1.69. The Morgan fingerprint density at radius 2 is 2.10 bits per heavy atom. The van der Waals surface area contributed by atoms with Gasteiger partial charge in [0, 0.05) is 22.8 Å². The van der Waals surface area contributed by atoms with E-state index in [1.165, 1.54) is 17.3 Å². The summed E-state index contributed by atoms with van der Waals surface area (Å²) >= 11 is 7.55. The largest absolute Gasteiger partial charge is 0.399 e. The fraction of sp³-hybridized carbons (Fsp3) is 0.188. The lowest BCUT2D eigenvalue weighted by molar-refractivity contribution is -0.116. The molecule has 0 unspecified atom stereocenters. The maximum Gasteiger partial charge on any atom is 0.237 e. The molecule has 0 atom stereocenters. The minimum Gasteiger partial charge on any atom is -0.399 e. The van der Waals surface area contributed by atoms with Gasteiger partial charge in [0.1, 0.15) is 0 Å². The first-order chi connectivity index (χ1) is 10.1. The molecule has 2 aromatic rings. The maximum atomic E-state index is 12.4. The molecule has 0 saturated heterocycles. The predicted molar refractivity (Wildman–Crippen MR) is 89.1 cm³/mol. The number of anilines is 2. The Morgan fingerprint density at radius 3 is 2.95 bits per heavy atom. The second kappa shape index (κ2) is 6.00. The van der Waals surface area contributed by atoms with Gasteiger partial charge < -0.3 is 10.6 Å². The first kappa shape index (κ1) is 14.3. The third kappa shape index (κ3) is 3.01. The van der Waals surface area contributed by atoms with Crippen LogP contribution in [0.3, 0.4) is 0 Å². The van der Waals surface area contributed by atoms with E-state index in [0.717, 1.165) is 23.5 Å². The van der Waals surface area contributed by atoms with E-state index in [1.807, 2.05) is 23.1 Å². The number of carbonyl (C=O) groups excluding carboxylic acids is 1. The lowest BCUT2D eigenvalue weighted by Crippen LogP contribution is -2.30. The average molecular weight is 319 g/mol. The third-order valence-corrected chi connectivity index (χ3v) is 4.98. The smallest absolute Gasteiger partial charge is 0.237 e. The molecule has 21 heavy (non-hydrogen) atoms. The van der Waals surface area contributed by atoms with Crippen molar-refractivity contribution in [1.82, 2.24) is 0 Å². The van der Waals surface area contributed by atoms with E-state index < -0.39 is 0 Å². The summed E-state index contributed by atoms with van der Waals surface area (Å²) in [6, 6.07) is 13.4. The lowest BCUT2D eigenvalue weighted by atomic mass is 10.2. The van der Waals surface area contributed by atoms with Crippen LogP contribution in [0.2, 0.25) is 5.02 Å². The van der Waals surface area contributed by atoms with E-state index in [2.05, 4.69) is 6.07 Å². The van der Waals surface area contributed by atoms with Crippen LogP contribution in [0.15, 0.2) is 47.4 Å². The van der Waals surface area contributed by atoms with Crippen LogP contribution in [0.5, 0.6) is 0 Å².